The molecule has 12 aromatic carbocycles. The second kappa shape index (κ2) is 65.1. The summed E-state index contributed by atoms with van der Waals surface area (Å²) in [4.78, 5) is 133. The largest absolute Gasteiger partial charge is 2.00 e. The molecule has 140 heavy (non-hydrogen) atoms. The minimum Gasteiger partial charge on any atom is -0.545 e. The van der Waals surface area contributed by atoms with Crippen LogP contribution in [0.2, 0.25) is 0 Å². The van der Waals surface area contributed by atoms with Crippen LogP contribution in [-0.2, 0) is 111 Å². The first-order valence-corrected chi connectivity index (χ1v) is 46.7. The molecule has 0 heterocycles. The van der Waals surface area contributed by atoms with Crippen LogP contribution in [-0.4, -0.2) is 140 Å². The van der Waals surface area contributed by atoms with Crippen molar-refractivity contribution in [1.82, 2.24) is 0 Å². The Morgan fingerprint density at radius 2 is 0.271 bits per heavy atom. The van der Waals surface area contributed by atoms with E-state index in [4.69, 9.17) is 0 Å². The molecule has 24 nitrogen and oxygen atoms in total. The third-order valence-electron chi connectivity index (χ3n) is 16.0. The van der Waals surface area contributed by atoms with E-state index in [-0.39, 0.29) is 113 Å². The zero-order valence-electron chi connectivity index (χ0n) is 74.3. The molecule has 0 atom stereocenters. The third-order valence-corrected chi connectivity index (χ3v) is 16.0. The number of carbonyl (C=O) groups excluding carboxylic acids is 12. The van der Waals surface area contributed by atoms with Gasteiger partial charge in [-0.05, 0) is 214 Å². The summed E-state index contributed by atoms with van der Waals surface area (Å²) in [6.07, 6.45) is 15.8. The zero-order valence-corrected chi connectivity index (χ0v) is 81.4. The molecule has 0 N–H and O–H groups in total. The van der Waals surface area contributed by atoms with E-state index in [1.807, 2.05) is 0 Å². The van der Waals surface area contributed by atoms with Gasteiger partial charge in [-0.15, -0.1) is 0 Å². The van der Waals surface area contributed by atoms with Gasteiger partial charge in [-0.1, -0.05) is 192 Å². The molecule has 716 valence electrons. The average Bonchev–Trinajstić information content (AvgIpc) is 0.856. The molecular weight excluding hydrogens is 2060 g/mol. The van der Waals surface area contributed by atoms with Crippen molar-refractivity contribution in [1.29, 1.82) is 0 Å². The maximum atomic E-state index is 11.3. The number of carboxylic acid groups (broad SMARTS) is 8. The first-order valence-electron chi connectivity index (χ1n) is 38.8. The van der Waals surface area contributed by atoms with E-state index in [0.29, 0.717) is 136 Å². The number of hydrogen-bond donors (Lipinski definition) is 0. The van der Waals surface area contributed by atoms with E-state index < -0.39 is 91.0 Å². The van der Waals surface area contributed by atoms with Gasteiger partial charge in [-0.3, -0.25) is 36.0 Å². The van der Waals surface area contributed by atoms with Gasteiger partial charge in [0.05, 0.1) is 47.8 Å². The van der Waals surface area contributed by atoms with Gasteiger partial charge in [0.25, 0.3) is 0 Å². The van der Waals surface area contributed by atoms with Crippen molar-refractivity contribution >= 4 is 116 Å². The van der Waals surface area contributed by atoms with E-state index in [1.54, 1.807) is 220 Å². The minimum absolute atomic E-state index is 0. The Morgan fingerprint density at radius 1 is 0.179 bits per heavy atom. The second-order valence-corrected chi connectivity index (χ2v) is 33.7. The molecule has 0 saturated heterocycles. The predicted molar refractivity (Wildman–Crippen MR) is 501 cm³/mol. The topological polar surface area (TPSA) is 458 Å². The van der Waals surface area contributed by atoms with Crippen molar-refractivity contribution in [2.24, 2.45) is 0 Å². The normalized spacial score (nSPS) is 9.11. The number of carbonyl (C=O) groups is 12. The first-order chi connectivity index (χ1) is 64.7. The molecule has 32 heteroatoms. The summed E-state index contributed by atoms with van der Waals surface area (Å²) in [5.74, 6) is 35.6. The zero-order chi connectivity index (χ0) is 100. The van der Waals surface area contributed by atoms with Crippen molar-refractivity contribution in [3.05, 3.63) is 423 Å². The maximum absolute atomic E-state index is 11.3. The second-order valence-electron chi connectivity index (χ2n) is 27.8. The number of carboxylic acids is 8. The van der Waals surface area contributed by atoms with Gasteiger partial charge in [0.15, 0.2) is 0 Å². The molecule has 0 amide bonds. The van der Waals surface area contributed by atoms with Gasteiger partial charge in [-0.2, -0.15) is 0 Å². The van der Waals surface area contributed by atoms with Gasteiger partial charge >= 0.3 is 68.3 Å². The summed E-state index contributed by atoms with van der Waals surface area (Å²) in [5, 5.41) is 87.6. The summed E-state index contributed by atoms with van der Waals surface area (Å²) < 4.78 is 38.2. The summed E-state index contributed by atoms with van der Waals surface area (Å²) in [6.45, 7) is 0. The number of benzene rings is 12. The Morgan fingerprint density at radius 3 is 0.357 bits per heavy atom. The van der Waals surface area contributed by atoms with Crippen molar-refractivity contribution < 1.29 is 183 Å². The molecule has 0 aromatic heterocycles. The molecule has 0 saturated carbocycles. The fraction of sp³-hybridized carbons (Fsp3) is 0.0741. The molecular formula is C108H72Cu4O24S4. The smallest absolute Gasteiger partial charge is 0.545 e. The Kier molecular flexibility index (Phi) is 56.8. The average molecular weight is 2140 g/mol. The third kappa shape index (κ3) is 48.6. The monoisotopic (exact) mass is 2130 g/mol. The Balaban J connectivity index is 0.000000876. The fourth-order valence-corrected chi connectivity index (χ4v) is 10.4. The van der Waals surface area contributed by atoms with Gasteiger partial charge in [-0.25, -0.2) is 0 Å². The van der Waals surface area contributed by atoms with Crippen LogP contribution in [0.15, 0.2) is 267 Å². The van der Waals surface area contributed by atoms with Crippen LogP contribution in [0.3, 0.4) is 0 Å². The van der Waals surface area contributed by atoms with Gasteiger partial charge in [0, 0.05) is 205 Å². The maximum Gasteiger partial charge on any atom is 2.00 e. The summed E-state index contributed by atoms with van der Waals surface area (Å²) in [7, 11) is -2.44. The summed E-state index contributed by atoms with van der Waals surface area (Å²) in [6, 6.07) is 67.7. The van der Waals surface area contributed by atoms with Gasteiger partial charge in [0.1, 0.15) is 25.1 Å². The molecule has 0 fully saturated rings. The quantitative estimate of drug-likeness (QED) is 0.0944. The van der Waals surface area contributed by atoms with E-state index >= 15 is 0 Å². The molecule has 0 spiro atoms. The van der Waals surface area contributed by atoms with Crippen molar-refractivity contribution in [2.75, 3.05) is 50.0 Å². The number of hydrogen-bond acceptors (Lipinski definition) is 24. The molecule has 12 aromatic rings. The molecule has 4 radical (unpaired) electrons. The number of aldehydes is 4. The Labute approximate surface area is 859 Å². The predicted octanol–water partition coefficient (Wildman–Crippen LogP) is 4.07. The number of rotatable bonds is 12. The van der Waals surface area contributed by atoms with Crippen LogP contribution in [0.5, 0.6) is 0 Å². The van der Waals surface area contributed by atoms with Crippen molar-refractivity contribution in [3.63, 3.8) is 0 Å². The van der Waals surface area contributed by atoms with Crippen LogP contribution >= 0.6 is 0 Å². The SMILES string of the molecule is CS(C)=O.CS(C)=O.CS(C)=O.CS(C)=O.O=Cc1cc(C#Cc2cccc(C(=O)[O-])c2)cc(C#Cc2cccc(C(=O)[O-])c2)c1.O=Cc1cc(C#Cc2cccc(C(=O)[O-])c2)cc(C#Cc2cccc(C(=O)[O-])c2)c1.O=Cc1cc(C#Cc2cccc(C(=O)[O-])c2)cc(C#Cc2cccc(C(=O)[O-])c2)c1.O=Cc1cc(C#Cc2cccc(C(=O)[O-])c2)cc(C#Cc2cccc(C(=O)[O-])c2)c1.[Cu+2].[Cu+2].[Cu+2].[Cu+2]. The van der Waals surface area contributed by atoms with Crippen LogP contribution in [0.4, 0.5) is 0 Å². The molecule has 0 unspecified atom stereocenters. The molecule has 12 rings (SSSR count). The Hall–Kier alpha value is -15.8. The first kappa shape index (κ1) is 122. The minimum atomic E-state index is -1.29. The standard InChI is InChI=1S/4C25H14O5.4C2H6OS.4Cu/c4*26-16-21-12-19(9-7-17-3-1-5-22(14-17)24(27)28)11-20(13-21)10-8-18-4-2-6-23(15-18)25(29)30;4*1-4(2)3;;;;/h4*1-6,11-16H,(H,27,28)(H,29,30);4*1-2H3;;;;/q;;;;;;;;4*+2/p-8. The van der Waals surface area contributed by atoms with E-state index in [9.17, 15) is 115 Å². The van der Waals surface area contributed by atoms with Gasteiger partial charge in [0.2, 0.25) is 0 Å². The van der Waals surface area contributed by atoms with Gasteiger partial charge < -0.3 is 79.2 Å². The van der Waals surface area contributed by atoms with Crippen molar-refractivity contribution in [3.8, 4) is 94.7 Å². The Bertz CT molecular complexity index is 6030. The summed E-state index contributed by atoms with van der Waals surface area (Å²) in [5.41, 5.74) is 9.71. The molecule has 0 bridgehead atoms. The van der Waals surface area contributed by atoms with Crippen LogP contribution in [0, 0.1) is 94.7 Å². The van der Waals surface area contributed by atoms with E-state index in [2.05, 4.69) is 94.7 Å². The van der Waals surface area contributed by atoms with E-state index in [1.165, 1.54) is 97.1 Å². The van der Waals surface area contributed by atoms with E-state index in [0.717, 1.165) is 0 Å². The van der Waals surface area contributed by atoms with Crippen LogP contribution in [0.25, 0.3) is 0 Å². The molecule has 0 aliphatic rings. The van der Waals surface area contributed by atoms with Crippen molar-refractivity contribution in [2.45, 2.75) is 0 Å². The molecule has 0 aliphatic carbocycles. The van der Waals surface area contributed by atoms with Crippen LogP contribution < -0.4 is 40.9 Å². The summed E-state index contributed by atoms with van der Waals surface area (Å²) >= 11 is 0. The molecule has 0 aliphatic heterocycles. The van der Waals surface area contributed by atoms with Crippen LogP contribution in [0.1, 0.15) is 213 Å². The number of aromatic carboxylic acids is 8. The fourth-order valence-electron chi connectivity index (χ4n) is 10.4.